The second kappa shape index (κ2) is 4.15. The zero-order valence-electron chi connectivity index (χ0n) is 6.85. The van der Waals surface area contributed by atoms with Crippen LogP contribution >= 0.6 is 23.6 Å². The Morgan fingerprint density at radius 3 is 2.85 bits per heavy atom. The van der Waals surface area contributed by atoms with Crippen molar-refractivity contribution in [2.45, 2.75) is 0 Å². The topological polar surface area (TPSA) is 86.5 Å². The lowest BCUT2D eigenvalue weighted by atomic mass is 10.3. The summed E-state index contributed by atoms with van der Waals surface area (Å²) in [5.41, 5.74) is 11.7. The van der Waals surface area contributed by atoms with E-state index in [0.717, 1.165) is 0 Å². The van der Waals surface area contributed by atoms with Gasteiger partial charge in [-0.15, -0.1) is 11.3 Å². The summed E-state index contributed by atoms with van der Waals surface area (Å²) in [6, 6.07) is 0. The third kappa shape index (κ3) is 2.36. The molecule has 70 valence electrons. The van der Waals surface area contributed by atoms with Gasteiger partial charge in [0.15, 0.2) is 10.8 Å². The number of nitrogens with two attached hydrogens (primary N) is 2. The summed E-state index contributed by atoms with van der Waals surface area (Å²) in [6.45, 7) is 0. The number of hydrogen-bond acceptors (Lipinski definition) is 6. The molecule has 0 aromatic carbocycles. The van der Waals surface area contributed by atoms with Gasteiger partial charge in [-0.1, -0.05) is 17.4 Å². The lowest BCUT2D eigenvalue weighted by Gasteiger charge is -1.97. The van der Waals surface area contributed by atoms with Crippen LogP contribution in [0, 0.1) is 0 Å². The summed E-state index contributed by atoms with van der Waals surface area (Å²) in [6.07, 6.45) is 0. The normalized spacial score (nSPS) is 11.3. The summed E-state index contributed by atoms with van der Waals surface area (Å²) in [5, 5.41) is 5.80. The number of nitrogen functional groups attached to an aromatic ring is 1. The second-order valence-electron chi connectivity index (χ2n) is 2.06. The molecule has 1 heterocycles. The average Bonchev–Trinajstić information content (AvgIpc) is 2.46. The van der Waals surface area contributed by atoms with Crippen LogP contribution in [0.25, 0.3) is 0 Å². The van der Waals surface area contributed by atoms with Crippen molar-refractivity contribution in [3.63, 3.8) is 0 Å². The fourth-order valence-electron chi connectivity index (χ4n) is 0.706. The highest BCUT2D eigenvalue weighted by Gasteiger charge is 2.11. The van der Waals surface area contributed by atoms with Crippen molar-refractivity contribution in [3.05, 3.63) is 11.1 Å². The molecule has 0 saturated heterocycles. The van der Waals surface area contributed by atoms with Crippen LogP contribution in [0.15, 0.2) is 10.5 Å². The fourth-order valence-corrected chi connectivity index (χ4v) is 1.40. The molecule has 1 aromatic rings. The van der Waals surface area contributed by atoms with Gasteiger partial charge in [-0.25, -0.2) is 4.98 Å². The Labute approximate surface area is 84.4 Å². The molecule has 1 aromatic heterocycles. The first kappa shape index (κ1) is 9.87. The van der Waals surface area contributed by atoms with Crippen LogP contribution in [-0.4, -0.2) is 22.8 Å². The van der Waals surface area contributed by atoms with Crippen molar-refractivity contribution >= 4 is 39.4 Å². The lowest BCUT2D eigenvalue weighted by Crippen LogP contribution is -2.22. The minimum Gasteiger partial charge on any atom is -0.399 e. The van der Waals surface area contributed by atoms with Gasteiger partial charge in [0.25, 0.3) is 0 Å². The SMILES string of the molecule is CO/N=C(/C(N)=S)c1csc(N)n1. The Morgan fingerprint density at radius 2 is 2.46 bits per heavy atom. The molecule has 0 fully saturated rings. The van der Waals surface area contributed by atoms with E-state index in [1.807, 2.05) is 0 Å². The minimum atomic E-state index is 0.132. The van der Waals surface area contributed by atoms with Crippen LogP contribution < -0.4 is 11.5 Å². The summed E-state index contributed by atoms with van der Waals surface area (Å²) < 4.78 is 0. The summed E-state index contributed by atoms with van der Waals surface area (Å²) in [5.74, 6) is 0. The fraction of sp³-hybridized carbons (Fsp3) is 0.167. The average molecular weight is 216 g/mol. The van der Waals surface area contributed by atoms with Gasteiger partial charge in [0, 0.05) is 5.38 Å². The van der Waals surface area contributed by atoms with Gasteiger partial charge in [-0.2, -0.15) is 0 Å². The standard InChI is InChI=1S/C6H8N4OS2/c1-11-10-4(5(7)12)3-2-13-6(8)9-3/h2H,1H3,(H2,7,12)(H2,8,9)/b10-4+. The molecule has 0 aliphatic carbocycles. The summed E-state index contributed by atoms with van der Waals surface area (Å²) in [4.78, 5) is 8.67. The van der Waals surface area contributed by atoms with Crippen LogP contribution in [0.4, 0.5) is 5.13 Å². The molecule has 0 aliphatic heterocycles. The Kier molecular flexibility index (Phi) is 3.15. The molecule has 4 N–H and O–H groups in total. The molecule has 5 nitrogen and oxygen atoms in total. The number of anilines is 1. The molecule has 0 amide bonds. The Balaban J connectivity index is 3.02. The molecule has 0 unspecified atom stereocenters. The first-order chi connectivity index (χ1) is 6.15. The van der Waals surface area contributed by atoms with Crippen LogP contribution in [-0.2, 0) is 4.84 Å². The molecule has 13 heavy (non-hydrogen) atoms. The number of nitrogens with zero attached hydrogens (tertiary/aromatic N) is 2. The van der Waals surface area contributed by atoms with E-state index < -0.39 is 0 Å². The van der Waals surface area contributed by atoms with E-state index in [0.29, 0.717) is 16.5 Å². The van der Waals surface area contributed by atoms with Gasteiger partial charge in [-0.05, 0) is 0 Å². The van der Waals surface area contributed by atoms with E-state index in [2.05, 4.69) is 15.0 Å². The van der Waals surface area contributed by atoms with Gasteiger partial charge < -0.3 is 16.3 Å². The first-order valence-corrected chi connectivity index (χ1v) is 4.56. The Morgan fingerprint density at radius 1 is 1.77 bits per heavy atom. The number of aromatic nitrogens is 1. The Hall–Kier alpha value is -1.21. The largest absolute Gasteiger partial charge is 0.399 e. The van der Waals surface area contributed by atoms with Crippen LogP contribution in [0.1, 0.15) is 5.69 Å². The smallest absolute Gasteiger partial charge is 0.180 e. The van der Waals surface area contributed by atoms with Gasteiger partial charge in [0.05, 0.1) is 0 Å². The third-order valence-corrected chi connectivity index (χ3v) is 2.05. The highest BCUT2D eigenvalue weighted by molar-refractivity contribution is 7.82. The molecule has 0 bridgehead atoms. The van der Waals surface area contributed by atoms with E-state index in [9.17, 15) is 0 Å². The van der Waals surface area contributed by atoms with Crippen molar-refractivity contribution in [2.24, 2.45) is 10.9 Å². The number of rotatable bonds is 3. The summed E-state index contributed by atoms with van der Waals surface area (Å²) in [7, 11) is 1.41. The predicted molar refractivity (Wildman–Crippen MR) is 56.9 cm³/mol. The van der Waals surface area contributed by atoms with Crippen molar-refractivity contribution in [2.75, 3.05) is 12.8 Å². The number of hydrogen-bond donors (Lipinski definition) is 2. The lowest BCUT2D eigenvalue weighted by molar-refractivity contribution is 0.214. The molecule has 7 heteroatoms. The van der Waals surface area contributed by atoms with Crippen molar-refractivity contribution < 1.29 is 4.84 Å². The van der Waals surface area contributed by atoms with Gasteiger partial charge in [-0.3, -0.25) is 0 Å². The number of thiazole rings is 1. The quantitative estimate of drug-likeness (QED) is 0.433. The van der Waals surface area contributed by atoms with Crippen molar-refractivity contribution in [1.29, 1.82) is 0 Å². The first-order valence-electron chi connectivity index (χ1n) is 3.27. The molecule has 0 atom stereocenters. The molecular weight excluding hydrogens is 208 g/mol. The molecule has 0 spiro atoms. The predicted octanol–water partition coefficient (Wildman–Crippen LogP) is 0.362. The monoisotopic (exact) mass is 216 g/mol. The zero-order chi connectivity index (χ0) is 9.84. The second-order valence-corrected chi connectivity index (χ2v) is 3.39. The highest BCUT2D eigenvalue weighted by Crippen LogP contribution is 2.12. The van der Waals surface area contributed by atoms with E-state index in [1.54, 1.807) is 5.38 Å². The molecular formula is C6H8N4OS2. The maximum atomic E-state index is 5.44. The minimum absolute atomic E-state index is 0.132. The maximum Gasteiger partial charge on any atom is 0.180 e. The van der Waals surface area contributed by atoms with Crippen LogP contribution in [0.5, 0.6) is 0 Å². The number of thiocarbonyl (C=S) groups is 1. The third-order valence-electron chi connectivity index (χ3n) is 1.18. The van der Waals surface area contributed by atoms with E-state index in [-0.39, 0.29) is 4.99 Å². The van der Waals surface area contributed by atoms with E-state index >= 15 is 0 Å². The Bertz CT molecular complexity index is 346. The van der Waals surface area contributed by atoms with Gasteiger partial charge in [0.1, 0.15) is 17.8 Å². The molecule has 0 saturated carbocycles. The van der Waals surface area contributed by atoms with E-state index in [4.69, 9.17) is 23.7 Å². The van der Waals surface area contributed by atoms with Crippen molar-refractivity contribution in [3.8, 4) is 0 Å². The van der Waals surface area contributed by atoms with Crippen LogP contribution in [0.2, 0.25) is 0 Å². The van der Waals surface area contributed by atoms with E-state index in [1.165, 1.54) is 18.4 Å². The van der Waals surface area contributed by atoms with Crippen LogP contribution in [0.3, 0.4) is 0 Å². The van der Waals surface area contributed by atoms with Gasteiger partial charge >= 0.3 is 0 Å². The highest BCUT2D eigenvalue weighted by atomic mass is 32.1. The number of oxime groups is 1. The summed E-state index contributed by atoms with van der Waals surface area (Å²) >= 11 is 6.06. The molecule has 0 aliphatic rings. The zero-order valence-corrected chi connectivity index (χ0v) is 8.48. The maximum absolute atomic E-state index is 5.44. The molecule has 1 rings (SSSR count). The van der Waals surface area contributed by atoms with Crippen molar-refractivity contribution in [1.82, 2.24) is 4.98 Å². The van der Waals surface area contributed by atoms with Gasteiger partial charge in [0.2, 0.25) is 0 Å². The molecule has 0 radical (unpaired) electrons.